The number of nitrogens with one attached hydrogen (secondary N) is 1. The van der Waals surface area contributed by atoms with E-state index < -0.39 is 0 Å². The van der Waals surface area contributed by atoms with E-state index in [2.05, 4.69) is 11.4 Å². The molecule has 3 rings (SSSR count). The molecule has 0 unspecified atom stereocenters. The fourth-order valence-corrected chi connectivity index (χ4v) is 2.04. The van der Waals surface area contributed by atoms with Crippen molar-refractivity contribution in [1.82, 2.24) is 0 Å². The molecule has 0 bridgehead atoms. The Kier molecular flexibility index (Phi) is 1.78. The number of hydrogen-bond donors (Lipinski definition) is 1. The van der Waals surface area contributed by atoms with Gasteiger partial charge in [0, 0.05) is 29.8 Å². The van der Waals surface area contributed by atoms with Crippen LogP contribution in [0.1, 0.15) is 12.0 Å². The summed E-state index contributed by atoms with van der Waals surface area (Å²) in [6.45, 7) is 0.996. The Morgan fingerprint density at radius 2 is 2.20 bits per heavy atom. The number of anilines is 1. The number of rotatable bonds is 0. The molecule has 0 saturated carbocycles. The summed E-state index contributed by atoms with van der Waals surface area (Å²) in [7, 11) is 0. The molecule has 3 nitrogen and oxygen atoms in total. The molecule has 1 N–H and O–H groups in total. The van der Waals surface area contributed by atoms with Crippen LogP contribution in [-0.2, 0) is 6.42 Å². The molecule has 76 valence electrons. The van der Waals surface area contributed by atoms with Crippen LogP contribution in [0.15, 0.2) is 33.5 Å². The van der Waals surface area contributed by atoms with Crippen LogP contribution in [0, 0.1) is 0 Å². The summed E-state index contributed by atoms with van der Waals surface area (Å²) >= 11 is 0. The highest BCUT2D eigenvalue weighted by Gasteiger charge is 2.10. The fraction of sp³-hybridized carbons (Fsp3) is 0.250. The lowest BCUT2D eigenvalue weighted by Crippen LogP contribution is -2.11. The first kappa shape index (κ1) is 8.53. The third kappa shape index (κ3) is 1.40. The van der Waals surface area contributed by atoms with E-state index in [1.165, 1.54) is 11.6 Å². The van der Waals surface area contributed by atoms with E-state index in [1.807, 2.05) is 12.1 Å². The first-order valence-electron chi connectivity index (χ1n) is 5.13. The molecule has 0 fully saturated rings. The van der Waals surface area contributed by atoms with Gasteiger partial charge >= 0.3 is 5.63 Å². The summed E-state index contributed by atoms with van der Waals surface area (Å²) in [6, 6.07) is 7.30. The Morgan fingerprint density at radius 1 is 1.27 bits per heavy atom. The van der Waals surface area contributed by atoms with Crippen molar-refractivity contribution >= 4 is 16.7 Å². The van der Waals surface area contributed by atoms with Gasteiger partial charge in [0.25, 0.3) is 0 Å². The van der Waals surface area contributed by atoms with Crippen molar-refractivity contribution in [2.45, 2.75) is 12.8 Å². The minimum absolute atomic E-state index is 0.293. The number of fused-ring (bicyclic) bond motifs is 2. The molecule has 0 amide bonds. The van der Waals surface area contributed by atoms with Gasteiger partial charge in [-0.15, -0.1) is 0 Å². The number of aryl methyl sites for hydroxylation is 1. The highest BCUT2D eigenvalue weighted by Crippen LogP contribution is 2.26. The van der Waals surface area contributed by atoms with Gasteiger partial charge in [0.15, 0.2) is 0 Å². The molecule has 3 heteroatoms. The molecular weight excluding hydrogens is 190 g/mol. The summed E-state index contributed by atoms with van der Waals surface area (Å²) in [5.41, 5.74) is 2.78. The van der Waals surface area contributed by atoms with Gasteiger partial charge in [-0.25, -0.2) is 4.79 Å². The lowest BCUT2D eigenvalue weighted by atomic mass is 10.0. The Balaban J connectivity index is 2.30. The van der Waals surface area contributed by atoms with Gasteiger partial charge in [0.05, 0.1) is 0 Å². The molecule has 15 heavy (non-hydrogen) atoms. The van der Waals surface area contributed by atoms with Gasteiger partial charge in [0.1, 0.15) is 5.58 Å². The minimum atomic E-state index is -0.293. The monoisotopic (exact) mass is 201 g/mol. The van der Waals surface area contributed by atoms with Gasteiger partial charge < -0.3 is 9.73 Å². The van der Waals surface area contributed by atoms with E-state index in [1.54, 1.807) is 0 Å². The zero-order valence-corrected chi connectivity index (χ0v) is 8.25. The molecule has 1 aliphatic rings. The first-order valence-corrected chi connectivity index (χ1v) is 5.13. The predicted molar refractivity (Wildman–Crippen MR) is 59.3 cm³/mol. The van der Waals surface area contributed by atoms with Crippen LogP contribution in [-0.4, -0.2) is 6.54 Å². The van der Waals surface area contributed by atoms with Crippen molar-refractivity contribution in [3.8, 4) is 0 Å². The molecule has 0 spiro atoms. The lowest BCUT2D eigenvalue weighted by molar-refractivity contribution is 0.561. The van der Waals surface area contributed by atoms with Crippen LogP contribution < -0.4 is 10.9 Å². The van der Waals surface area contributed by atoms with E-state index in [0.29, 0.717) is 5.58 Å². The first-order chi connectivity index (χ1) is 7.33. The van der Waals surface area contributed by atoms with Crippen molar-refractivity contribution in [3.05, 3.63) is 40.2 Å². The van der Waals surface area contributed by atoms with E-state index >= 15 is 0 Å². The standard InChI is InChI=1S/C12H11NO2/c14-12-4-3-9-6-8-2-1-5-13-10(8)7-11(9)15-12/h3-4,6-7,13H,1-2,5H2. The van der Waals surface area contributed by atoms with Gasteiger partial charge in [-0.2, -0.15) is 0 Å². The summed E-state index contributed by atoms with van der Waals surface area (Å²) < 4.78 is 5.13. The maximum atomic E-state index is 11.1. The third-order valence-corrected chi connectivity index (χ3v) is 2.78. The maximum Gasteiger partial charge on any atom is 0.336 e. The Bertz CT molecular complexity index is 571. The van der Waals surface area contributed by atoms with Crippen LogP contribution in [0.2, 0.25) is 0 Å². The van der Waals surface area contributed by atoms with E-state index in [0.717, 1.165) is 30.5 Å². The van der Waals surface area contributed by atoms with Crippen molar-refractivity contribution in [3.63, 3.8) is 0 Å². The van der Waals surface area contributed by atoms with E-state index in [9.17, 15) is 4.79 Å². The lowest BCUT2D eigenvalue weighted by Gasteiger charge is -2.17. The quantitative estimate of drug-likeness (QED) is 0.664. The topological polar surface area (TPSA) is 42.2 Å². The normalized spacial score (nSPS) is 14.7. The van der Waals surface area contributed by atoms with E-state index in [4.69, 9.17) is 4.42 Å². The van der Waals surface area contributed by atoms with Crippen molar-refractivity contribution in [2.75, 3.05) is 11.9 Å². The highest BCUT2D eigenvalue weighted by atomic mass is 16.4. The zero-order chi connectivity index (χ0) is 10.3. The zero-order valence-electron chi connectivity index (χ0n) is 8.25. The van der Waals surface area contributed by atoms with Gasteiger partial charge in [-0.1, -0.05) is 0 Å². The second-order valence-electron chi connectivity index (χ2n) is 3.83. The van der Waals surface area contributed by atoms with Crippen LogP contribution in [0.25, 0.3) is 11.0 Å². The van der Waals surface area contributed by atoms with Crippen LogP contribution in [0.5, 0.6) is 0 Å². The maximum absolute atomic E-state index is 11.1. The molecule has 0 aliphatic carbocycles. The van der Waals surface area contributed by atoms with Crippen molar-refractivity contribution in [2.24, 2.45) is 0 Å². The average molecular weight is 201 g/mol. The third-order valence-electron chi connectivity index (χ3n) is 2.78. The Labute approximate surface area is 86.7 Å². The van der Waals surface area contributed by atoms with Gasteiger partial charge in [-0.05, 0) is 30.5 Å². The predicted octanol–water partition coefficient (Wildman–Crippen LogP) is 2.15. The highest BCUT2D eigenvalue weighted by molar-refractivity contribution is 5.82. The fourth-order valence-electron chi connectivity index (χ4n) is 2.04. The SMILES string of the molecule is O=c1ccc2cc3c(cc2o1)NCCC3. The Morgan fingerprint density at radius 3 is 3.13 bits per heavy atom. The smallest absolute Gasteiger partial charge is 0.336 e. The molecular formula is C12H11NO2. The molecule has 0 atom stereocenters. The number of hydrogen-bond acceptors (Lipinski definition) is 3. The van der Waals surface area contributed by atoms with Crippen molar-refractivity contribution in [1.29, 1.82) is 0 Å². The van der Waals surface area contributed by atoms with E-state index in [-0.39, 0.29) is 5.63 Å². The molecule has 0 radical (unpaired) electrons. The van der Waals surface area contributed by atoms with Crippen LogP contribution in [0.4, 0.5) is 5.69 Å². The number of benzene rings is 1. The van der Waals surface area contributed by atoms with Crippen LogP contribution in [0.3, 0.4) is 0 Å². The molecule has 2 heterocycles. The minimum Gasteiger partial charge on any atom is -0.423 e. The van der Waals surface area contributed by atoms with Crippen LogP contribution >= 0.6 is 0 Å². The molecule has 0 saturated heterocycles. The molecule has 1 aromatic carbocycles. The average Bonchev–Trinajstić information content (AvgIpc) is 2.26. The summed E-state index contributed by atoms with van der Waals surface area (Å²) in [6.07, 6.45) is 2.26. The summed E-state index contributed by atoms with van der Waals surface area (Å²) in [4.78, 5) is 11.1. The largest absolute Gasteiger partial charge is 0.423 e. The van der Waals surface area contributed by atoms with Gasteiger partial charge in [-0.3, -0.25) is 0 Å². The second kappa shape index (κ2) is 3.12. The molecule has 1 aliphatic heterocycles. The Hall–Kier alpha value is -1.77. The summed E-state index contributed by atoms with van der Waals surface area (Å²) in [5.74, 6) is 0. The molecule has 2 aromatic rings. The molecule has 1 aromatic heterocycles. The second-order valence-corrected chi connectivity index (χ2v) is 3.83. The van der Waals surface area contributed by atoms with Gasteiger partial charge in [0.2, 0.25) is 0 Å². The summed E-state index contributed by atoms with van der Waals surface area (Å²) in [5, 5.41) is 4.31. The van der Waals surface area contributed by atoms with Crippen molar-refractivity contribution < 1.29 is 4.42 Å².